The normalized spacial score (nSPS) is 14.3. The molecule has 0 spiro atoms. The van der Waals surface area contributed by atoms with Crippen LogP contribution >= 0.6 is 0 Å². The van der Waals surface area contributed by atoms with Crippen LogP contribution in [0, 0.1) is 17.7 Å². The van der Waals surface area contributed by atoms with Crippen LogP contribution in [0.3, 0.4) is 0 Å². The Balaban J connectivity index is 1.93. The third-order valence-corrected chi connectivity index (χ3v) is 5.33. The summed E-state index contributed by atoms with van der Waals surface area (Å²) in [5, 5.41) is 11.5. The van der Waals surface area contributed by atoms with Crippen molar-refractivity contribution in [2.45, 2.75) is 38.5 Å². The molecular weight excluding hydrogens is 373 g/mol. The molecule has 0 aromatic heterocycles. The lowest BCUT2D eigenvalue weighted by Crippen LogP contribution is -3.17. The van der Waals surface area contributed by atoms with Crippen LogP contribution in [0.4, 0.5) is 4.39 Å². The molecular formula is C27H29FNO+. The lowest BCUT2D eigenvalue weighted by atomic mass is 9.87. The maximum atomic E-state index is 13.9. The molecule has 0 radical (unpaired) electrons. The zero-order valence-corrected chi connectivity index (χ0v) is 17.8. The third-order valence-electron chi connectivity index (χ3n) is 5.33. The Kier molecular flexibility index (Phi) is 6.72. The Labute approximate surface area is 179 Å². The Morgan fingerprint density at radius 2 is 1.43 bits per heavy atom. The SMILES string of the molecule is CC(C)(C)[NH+](CC#C[C@](O)(c1ccccc1)c1cccc(F)c1)Cc1ccccc1. The fourth-order valence-electron chi connectivity index (χ4n) is 3.42. The molecule has 0 saturated carbocycles. The van der Waals surface area contributed by atoms with Crippen molar-refractivity contribution in [1.82, 2.24) is 0 Å². The maximum Gasteiger partial charge on any atom is 0.177 e. The second-order valence-corrected chi connectivity index (χ2v) is 8.58. The van der Waals surface area contributed by atoms with Gasteiger partial charge in [-0.2, -0.15) is 0 Å². The van der Waals surface area contributed by atoms with Crippen LogP contribution in [0.1, 0.15) is 37.5 Å². The van der Waals surface area contributed by atoms with E-state index in [0.717, 1.165) is 6.54 Å². The van der Waals surface area contributed by atoms with Crippen molar-refractivity contribution in [3.05, 3.63) is 107 Å². The van der Waals surface area contributed by atoms with Crippen molar-refractivity contribution in [1.29, 1.82) is 0 Å². The van der Waals surface area contributed by atoms with E-state index in [1.54, 1.807) is 12.1 Å². The van der Waals surface area contributed by atoms with Gasteiger partial charge in [-0.3, -0.25) is 0 Å². The van der Waals surface area contributed by atoms with Gasteiger partial charge in [0.2, 0.25) is 0 Å². The van der Waals surface area contributed by atoms with Crippen molar-refractivity contribution in [2.24, 2.45) is 0 Å². The van der Waals surface area contributed by atoms with Gasteiger partial charge in [-0.1, -0.05) is 78.7 Å². The summed E-state index contributed by atoms with van der Waals surface area (Å²) in [6.45, 7) is 7.94. The predicted octanol–water partition coefficient (Wildman–Crippen LogP) is 3.95. The number of aliphatic hydroxyl groups is 1. The summed E-state index contributed by atoms with van der Waals surface area (Å²) in [6, 6.07) is 25.6. The van der Waals surface area contributed by atoms with Crippen molar-refractivity contribution < 1.29 is 14.4 Å². The van der Waals surface area contributed by atoms with Crippen LogP contribution in [-0.4, -0.2) is 17.2 Å². The molecule has 0 aliphatic heterocycles. The monoisotopic (exact) mass is 402 g/mol. The first kappa shape index (κ1) is 21.8. The molecule has 30 heavy (non-hydrogen) atoms. The molecule has 3 heteroatoms. The fourth-order valence-corrected chi connectivity index (χ4v) is 3.42. The molecule has 0 fully saturated rings. The molecule has 0 saturated heterocycles. The molecule has 0 amide bonds. The summed E-state index contributed by atoms with van der Waals surface area (Å²) in [4.78, 5) is 1.29. The van der Waals surface area contributed by atoms with Gasteiger partial charge in [-0.25, -0.2) is 4.39 Å². The molecule has 2 atom stereocenters. The molecule has 2 N–H and O–H groups in total. The van der Waals surface area contributed by atoms with Gasteiger partial charge >= 0.3 is 0 Å². The molecule has 0 bridgehead atoms. The molecule has 0 aliphatic carbocycles. The van der Waals surface area contributed by atoms with Gasteiger partial charge in [-0.05, 0) is 38.8 Å². The summed E-state index contributed by atoms with van der Waals surface area (Å²) in [6.07, 6.45) is 0. The summed E-state index contributed by atoms with van der Waals surface area (Å²) >= 11 is 0. The van der Waals surface area contributed by atoms with Crippen LogP contribution in [0.2, 0.25) is 0 Å². The van der Waals surface area contributed by atoms with E-state index in [-0.39, 0.29) is 5.54 Å². The summed E-state index contributed by atoms with van der Waals surface area (Å²) in [7, 11) is 0. The molecule has 3 aromatic rings. The van der Waals surface area contributed by atoms with Crippen LogP contribution in [0.15, 0.2) is 84.9 Å². The van der Waals surface area contributed by atoms with E-state index in [2.05, 4.69) is 44.7 Å². The van der Waals surface area contributed by atoms with Gasteiger partial charge in [-0.15, -0.1) is 0 Å². The minimum atomic E-state index is -1.57. The molecule has 0 heterocycles. The molecule has 1 unspecified atom stereocenters. The van der Waals surface area contributed by atoms with E-state index in [0.29, 0.717) is 17.7 Å². The predicted molar refractivity (Wildman–Crippen MR) is 119 cm³/mol. The number of hydrogen-bond acceptors (Lipinski definition) is 1. The third kappa shape index (κ3) is 5.36. The smallest absolute Gasteiger partial charge is 0.177 e. The standard InChI is InChI=1S/C27H28FNO/c1-26(2,3)29(21-22-12-6-4-7-13-22)19-11-18-27(30,23-14-8-5-9-15-23)24-16-10-17-25(28)20-24/h4-10,12-17,20,30H,19,21H2,1-3H3/p+1/t27-/m0/s1. The zero-order chi connectivity index (χ0) is 21.6. The molecule has 3 rings (SSSR count). The van der Waals surface area contributed by atoms with Crippen molar-refractivity contribution in [3.8, 4) is 11.8 Å². The minimum Gasteiger partial charge on any atom is -0.369 e. The second kappa shape index (κ2) is 9.26. The topological polar surface area (TPSA) is 24.7 Å². The van der Waals surface area contributed by atoms with Crippen LogP contribution in [-0.2, 0) is 12.1 Å². The highest BCUT2D eigenvalue weighted by Crippen LogP contribution is 2.29. The minimum absolute atomic E-state index is 0.0196. The van der Waals surface area contributed by atoms with Gasteiger partial charge in [0.1, 0.15) is 18.9 Å². The molecule has 2 nitrogen and oxygen atoms in total. The second-order valence-electron chi connectivity index (χ2n) is 8.58. The van der Waals surface area contributed by atoms with Gasteiger partial charge < -0.3 is 10.0 Å². The van der Waals surface area contributed by atoms with Crippen molar-refractivity contribution >= 4 is 0 Å². The highest BCUT2D eigenvalue weighted by atomic mass is 19.1. The molecule has 3 aromatic carbocycles. The first-order valence-corrected chi connectivity index (χ1v) is 10.2. The van der Waals surface area contributed by atoms with Crippen LogP contribution in [0.5, 0.6) is 0 Å². The highest BCUT2D eigenvalue weighted by molar-refractivity contribution is 5.44. The average Bonchev–Trinajstić information content (AvgIpc) is 2.73. The summed E-state index contributed by atoms with van der Waals surface area (Å²) < 4.78 is 13.9. The molecule has 0 aliphatic rings. The number of benzene rings is 3. The van der Waals surface area contributed by atoms with E-state index >= 15 is 0 Å². The quantitative estimate of drug-likeness (QED) is 0.621. The number of nitrogens with one attached hydrogen (secondary N) is 1. The number of halogens is 1. The fraction of sp³-hybridized carbons (Fsp3) is 0.259. The van der Waals surface area contributed by atoms with Gasteiger partial charge in [0.15, 0.2) is 5.60 Å². The van der Waals surface area contributed by atoms with Crippen molar-refractivity contribution in [2.75, 3.05) is 6.54 Å². The van der Waals surface area contributed by atoms with E-state index in [1.807, 2.05) is 48.5 Å². The van der Waals surface area contributed by atoms with Gasteiger partial charge in [0, 0.05) is 16.7 Å². The number of quaternary nitrogens is 1. The highest BCUT2D eigenvalue weighted by Gasteiger charge is 2.30. The van der Waals surface area contributed by atoms with E-state index in [9.17, 15) is 9.50 Å². The Morgan fingerprint density at radius 3 is 2.03 bits per heavy atom. The van der Waals surface area contributed by atoms with E-state index in [1.165, 1.54) is 22.6 Å². The van der Waals surface area contributed by atoms with Gasteiger partial charge in [0.25, 0.3) is 0 Å². The first-order chi connectivity index (χ1) is 14.3. The Bertz CT molecular complexity index is 1020. The van der Waals surface area contributed by atoms with E-state index in [4.69, 9.17) is 0 Å². The molecule has 154 valence electrons. The van der Waals surface area contributed by atoms with Gasteiger partial charge in [0.05, 0.1) is 5.54 Å². The van der Waals surface area contributed by atoms with Crippen molar-refractivity contribution in [3.63, 3.8) is 0 Å². The Hall–Kier alpha value is -2.93. The zero-order valence-electron chi connectivity index (χ0n) is 17.8. The lowest BCUT2D eigenvalue weighted by molar-refractivity contribution is -0.953. The average molecular weight is 403 g/mol. The summed E-state index contributed by atoms with van der Waals surface area (Å²) in [5.74, 6) is 5.88. The maximum absolute atomic E-state index is 13.9. The van der Waals surface area contributed by atoms with Crippen LogP contribution in [0.25, 0.3) is 0 Å². The number of rotatable bonds is 5. The number of hydrogen-bond donors (Lipinski definition) is 2. The largest absolute Gasteiger partial charge is 0.369 e. The lowest BCUT2D eigenvalue weighted by Gasteiger charge is -2.31. The van der Waals surface area contributed by atoms with E-state index < -0.39 is 11.4 Å². The van der Waals surface area contributed by atoms with Crippen LogP contribution < -0.4 is 4.90 Å². The Morgan fingerprint density at radius 1 is 0.833 bits per heavy atom. The summed E-state index contributed by atoms with van der Waals surface area (Å²) in [5.41, 5.74) is 0.713. The first-order valence-electron chi connectivity index (χ1n) is 10.2.